The topological polar surface area (TPSA) is 67.6 Å². The van der Waals surface area contributed by atoms with E-state index in [9.17, 15) is 4.79 Å². The van der Waals surface area contributed by atoms with Crippen LogP contribution in [0.4, 0.5) is 5.69 Å². The molecule has 1 aliphatic rings. The highest BCUT2D eigenvalue weighted by Crippen LogP contribution is 2.21. The van der Waals surface area contributed by atoms with Crippen molar-refractivity contribution < 1.29 is 9.53 Å². The molecule has 0 saturated carbocycles. The van der Waals surface area contributed by atoms with Crippen LogP contribution in [0.1, 0.15) is 5.56 Å². The summed E-state index contributed by atoms with van der Waals surface area (Å²) in [6, 6.07) is 7.71. The molecule has 1 amide bonds. The molecule has 3 N–H and O–H groups in total. The molecule has 0 bridgehead atoms. The Morgan fingerprint density at radius 1 is 1.61 bits per heavy atom. The third-order valence-electron chi connectivity index (χ3n) is 3.16. The van der Waals surface area contributed by atoms with Gasteiger partial charge < -0.3 is 20.7 Å². The highest BCUT2D eigenvalue weighted by Gasteiger charge is 2.28. The van der Waals surface area contributed by atoms with E-state index in [-0.39, 0.29) is 11.9 Å². The highest BCUT2D eigenvalue weighted by molar-refractivity contribution is 5.85. The first-order chi connectivity index (χ1) is 8.76. The first kappa shape index (κ1) is 12.9. The number of ether oxygens (including phenoxy) is 1. The Morgan fingerprint density at radius 2 is 2.44 bits per heavy atom. The van der Waals surface area contributed by atoms with Crippen molar-refractivity contribution in [3.63, 3.8) is 0 Å². The van der Waals surface area contributed by atoms with Gasteiger partial charge in [-0.15, -0.1) is 0 Å². The highest BCUT2D eigenvalue weighted by atomic mass is 16.5. The summed E-state index contributed by atoms with van der Waals surface area (Å²) in [4.78, 5) is 13.9. The normalized spacial score (nSPS) is 19.7. The molecule has 2 rings (SSSR count). The summed E-state index contributed by atoms with van der Waals surface area (Å²) in [7, 11) is 1.64. The van der Waals surface area contributed by atoms with Gasteiger partial charge in [0.2, 0.25) is 5.91 Å². The molecule has 5 nitrogen and oxygen atoms in total. The Morgan fingerprint density at radius 3 is 3.17 bits per heavy atom. The smallest absolute Gasteiger partial charge is 0.244 e. The van der Waals surface area contributed by atoms with Crippen LogP contribution in [0.3, 0.4) is 0 Å². The number of benzene rings is 1. The van der Waals surface area contributed by atoms with E-state index in [1.807, 2.05) is 24.3 Å². The Balaban J connectivity index is 2.24. The zero-order chi connectivity index (χ0) is 13.0. The van der Waals surface area contributed by atoms with Gasteiger partial charge in [-0.3, -0.25) is 4.79 Å². The molecule has 1 fully saturated rings. The SMILES string of the molecule is CNC(=O)C1COCCN1c1cccc(CN)c1. The minimum absolute atomic E-state index is 0.0205. The summed E-state index contributed by atoms with van der Waals surface area (Å²) in [5, 5.41) is 2.68. The molecule has 98 valence electrons. The minimum Gasteiger partial charge on any atom is -0.377 e. The lowest BCUT2D eigenvalue weighted by Gasteiger charge is -2.36. The van der Waals surface area contributed by atoms with E-state index in [4.69, 9.17) is 10.5 Å². The largest absolute Gasteiger partial charge is 0.377 e. The predicted molar refractivity (Wildman–Crippen MR) is 70.4 cm³/mol. The second-order valence-corrected chi connectivity index (χ2v) is 4.27. The van der Waals surface area contributed by atoms with E-state index in [2.05, 4.69) is 10.2 Å². The molecule has 0 spiro atoms. The number of amides is 1. The first-order valence-corrected chi connectivity index (χ1v) is 6.11. The Labute approximate surface area is 107 Å². The molecule has 0 aromatic heterocycles. The van der Waals surface area contributed by atoms with Gasteiger partial charge in [0, 0.05) is 25.8 Å². The third kappa shape index (κ3) is 2.63. The lowest BCUT2D eigenvalue weighted by Crippen LogP contribution is -2.53. The summed E-state index contributed by atoms with van der Waals surface area (Å²) in [5.41, 5.74) is 7.73. The van der Waals surface area contributed by atoms with Crippen LogP contribution >= 0.6 is 0 Å². The fraction of sp³-hybridized carbons (Fsp3) is 0.462. The molecule has 18 heavy (non-hydrogen) atoms. The molecule has 1 heterocycles. The number of hydrogen-bond acceptors (Lipinski definition) is 4. The van der Waals surface area contributed by atoms with E-state index < -0.39 is 0 Å². The van der Waals surface area contributed by atoms with E-state index in [0.29, 0.717) is 26.3 Å². The molecular weight excluding hydrogens is 230 g/mol. The molecule has 1 atom stereocenters. The van der Waals surface area contributed by atoms with Crippen LogP contribution in [0.5, 0.6) is 0 Å². The fourth-order valence-electron chi connectivity index (χ4n) is 2.16. The molecule has 1 unspecified atom stereocenters. The van der Waals surface area contributed by atoms with Crippen LogP contribution in [0, 0.1) is 0 Å². The lowest BCUT2D eigenvalue weighted by molar-refractivity contribution is -0.124. The van der Waals surface area contributed by atoms with Gasteiger partial charge in [-0.05, 0) is 17.7 Å². The van der Waals surface area contributed by atoms with Gasteiger partial charge in [0.05, 0.1) is 13.2 Å². The van der Waals surface area contributed by atoms with Crippen molar-refractivity contribution in [3.05, 3.63) is 29.8 Å². The van der Waals surface area contributed by atoms with Gasteiger partial charge in [-0.25, -0.2) is 0 Å². The zero-order valence-electron chi connectivity index (χ0n) is 10.6. The molecule has 1 aliphatic heterocycles. The average molecular weight is 249 g/mol. The predicted octanol–water partition coefficient (Wildman–Crippen LogP) is 0.0965. The quantitative estimate of drug-likeness (QED) is 0.797. The van der Waals surface area contributed by atoms with Crippen molar-refractivity contribution in [2.24, 2.45) is 5.73 Å². The van der Waals surface area contributed by atoms with E-state index in [1.54, 1.807) is 7.05 Å². The molecule has 5 heteroatoms. The van der Waals surface area contributed by atoms with Gasteiger partial charge in [-0.1, -0.05) is 12.1 Å². The maximum absolute atomic E-state index is 11.8. The van der Waals surface area contributed by atoms with Gasteiger partial charge in [0.25, 0.3) is 0 Å². The number of nitrogens with two attached hydrogens (primary N) is 1. The molecule has 1 saturated heterocycles. The van der Waals surface area contributed by atoms with Gasteiger partial charge in [0.15, 0.2) is 0 Å². The van der Waals surface area contributed by atoms with Crippen molar-refractivity contribution in [3.8, 4) is 0 Å². The summed E-state index contributed by atoms with van der Waals surface area (Å²) in [6.07, 6.45) is 0. The van der Waals surface area contributed by atoms with Crippen molar-refractivity contribution >= 4 is 11.6 Å². The summed E-state index contributed by atoms with van der Waals surface area (Å²) >= 11 is 0. The molecular formula is C13H19N3O2. The van der Waals surface area contributed by atoms with Crippen molar-refractivity contribution in [2.45, 2.75) is 12.6 Å². The Kier molecular flexibility index (Phi) is 4.17. The van der Waals surface area contributed by atoms with Crippen LogP contribution in [0.2, 0.25) is 0 Å². The summed E-state index contributed by atoms with van der Waals surface area (Å²) in [6.45, 7) is 2.28. The summed E-state index contributed by atoms with van der Waals surface area (Å²) in [5.74, 6) is -0.0205. The number of likely N-dealkylation sites (N-methyl/N-ethyl adjacent to an activating group) is 1. The standard InChI is InChI=1S/C13H19N3O2/c1-15-13(17)12-9-18-6-5-16(12)11-4-2-3-10(7-11)8-14/h2-4,7,12H,5-6,8-9,14H2,1H3,(H,15,17). The Hall–Kier alpha value is -1.59. The van der Waals surface area contributed by atoms with Gasteiger partial charge in [-0.2, -0.15) is 0 Å². The second kappa shape index (κ2) is 5.84. The van der Waals surface area contributed by atoms with E-state index in [0.717, 1.165) is 11.3 Å². The maximum Gasteiger partial charge on any atom is 0.244 e. The number of carbonyl (C=O) groups is 1. The number of hydrogen-bond donors (Lipinski definition) is 2. The fourth-order valence-corrected chi connectivity index (χ4v) is 2.16. The number of anilines is 1. The number of rotatable bonds is 3. The van der Waals surface area contributed by atoms with Gasteiger partial charge in [0.1, 0.15) is 6.04 Å². The minimum atomic E-state index is -0.267. The van der Waals surface area contributed by atoms with Crippen LogP contribution < -0.4 is 16.0 Å². The monoisotopic (exact) mass is 249 g/mol. The number of nitrogens with zero attached hydrogens (tertiary/aromatic N) is 1. The zero-order valence-corrected chi connectivity index (χ0v) is 10.6. The lowest BCUT2D eigenvalue weighted by atomic mass is 10.1. The third-order valence-corrected chi connectivity index (χ3v) is 3.16. The second-order valence-electron chi connectivity index (χ2n) is 4.27. The first-order valence-electron chi connectivity index (χ1n) is 6.11. The van der Waals surface area contributed by atoms with Crippen LogP contribution in [-0.4, -0.2) is 38.8 Å². The number of nitrogens with one attached hydrogen (secondary N) is 1. The molecule has 1 aromatic rings. The maximum atomic E-state index is 11.8. The van der Waals surface area contributed by atoms with Crippen molar-refractivity contribution in [2.75, 3.05) is 31.7 Å². The molecule has 0 aliphatic carbocycles. The van der Waals surface area contributed by atoms with Crippen LogP contribution in [0.15, 0.2) is 24.3 Å². The average Bonchev–Trinajstić information content (AvgIpc) is 2.46. The van der Waals surface area contributed by atoms with E-state index >= 15 is 0 Å². The molecule has 1 aromatic carbocycles. The molecule has 0 radical (unpaired) electrons. The van der Waals surface area contributed by atoms with Crippen molar-refractivity contribution in [1.82, 2.24) is 5.32 Å². The van der Waals surface area contributed by atoms with Crippen molar-refractivity contribution in [1.29, 1.82) is 0 Å². The van der Waals surface area contributed by atoms with Crippen LogP contribution in [-0.2, 0) is 16.1 Å². The number of carbonyl (C=O) groups excluding carboxylic acids is 1. The number of morpholine rings is 1. The van der Waals surface area contributed by atoms with Crippen LogP contribution in [0.25, 0.3) is 0 Å². The summed E-state index contributed by atoms with van der Waals surface area (Å²) < 4.78 is 5.39. The van der Waals surface area contributed by atoms with Gasteiger partial charge >= 0.3 is 0 Å². The van der Waals surface area contributed by atoms with E-state index in [1.165, 1.54) is 0 Å². The Bertz CT molecular complexity index is 422.